The number of fused-ring (bicyclic) bond motifs is 7. The van der Waals surface area contributed by atoms with Crippen LogP contribution in [-0.4, -0.2) is 40.8 Å². The zero-order chi connectivity index (χ0) is 21.8. The summed E-state index contributed by atoms with van der Waals surface area (Å²) >= 11 is 0. The second kappa shape index (κ2) is 6.93. The number of ether oxygens (including phenoxy) is 1. The summed E-state index contributed by atoms with van der Waals surface area (Å²) in [4.78, 5) is 0. The zero-order valence-electron chi connectivity index (χ0n) is 20.1. The van der Waals surface area contributed by atoms with Crippen LogP contribution in [0.5, 0.6) is 0 Å². The van der Waals surface area contributed by atoms with E-state index in [4.69, 9.17) is 4.74 Å². The maximum atomic E-state index is 11.5. The van der Waals surface area contributed by atoms with Gasteiger partial charge in [-0.05, 0) is 104 Å². The van der Waals surface area contributed by atoms with E-state index in [1.165, 1.54) is 19.3 Å². The van der Waals surface area contributed by atoms with E-state index >= 15 is 0 Å². The van der Waals surface area contributed by atoms with Crippen LogP contribution < -0.4 is 5.32 Å². The van der Waals surface area contributed by atoms with E-state index in [0.29, 0.717) is 47.0 Å². The van der Waals surface area contributed by atoms with Crippen molar-refractivity contribution in [1.29, 1.82) is 0 Å². The Balaban J connectivity index is 1.29. The van der Waals surface area contributed by atoms with Gasteiger partial charge in [-0.3, -0.25) is 5.32 Å². The van der Waals surface area contributed by atoms with Gasteiger partial charge in [-0.2, -0.15) is 0 Å². The molecule has 6 rings (SSSR count). The molecule has 1 spiro atoms. The lowest BCUT2D eigenvalue weighted by Crippen LogP contribution is -2.60. The predicted molar refractivity (Wildman–Crippen MR) is 121 cm³/mol. The molecule has 176 valence electrons. The average molecular weight is 432 g/mol. The third kappa shape index (κ3) is 2.80. The highest BCUT2D eigenvalue weighted by Gasteiger charge is 2.69. The fourth-order valence-electron chi connectivity index (χ4n) is 10.4. The van der Waals surface area contributed by atoms with Gasteiger partial charge in [0.25, 0.3) is 0 Å². The molecule has 4 nitrogen and oxygen atoms in total. The number of nitrogens with one attached hydrogen (secondary N) is 1. The van der Waals surface area contributed by atoms with Gasteiger partial charge in [-0.25, -0.2) is 0 Å². The van der Waals surface area contributed by atoms with Crippen molar-refractivity contribution >= 4 is 0 Å². The second-order valence-corrected chi connectivity index (χ2v) is 13.4. The van der Waals surface area contributed by atoms with Crippen LogP contribution in [-0.2, 0) is 4.74 Å². The summed E-state index contributed by atoms with van der Waals surface area (Å²) in [6, 6.07) is 0. The van der Waals surface area contributed by atoms with Crippen molar-refractivity contribution in [3.63, 3.8) is 0 Å². The third-order valence-electron chi connectivity index (χ3n) is 12.1. The van der Waals surface area contributed by atoms with Crippen molar-refractivity contribution in [2.24, 2.45) is 52.3 Å². The molecule has 4 aliphatic carbocycles. The molecule has 4 saturated carbocycles. The lowest BCUT2D eigenvalue weighted by atomic mass is 9.43. The van der Waals surface area contributed by atoms with Crippen molar-refractivity contribution < 1.29 is 14.9 Å². The van der Waals surface area contributed by atoms with Crippen molar-refractivity contribution in [3.05, 3.63) is 0 Å². The van der Waals surface area contributed by atoms with E-state index in [9.17, 15) is 10.2 Å². The van der Waals surface area contributed by atoms with Gasteiger partial charge in [-0.15, -0.1) is 0 Å². The van der Waals surface area contributed by atoms with Gasteiger partial charge in [0.2, 0.25) is 0 Å². The summed E-state index contributed by atoms with van der Waals surface area (Å²) < 4.78 is 6.97. The van der Waals surface area contributed by atoms with E-state index in [0.717, 1.165) is 51.0 Å². The molecule has 6 fully saturated rings. The fraction of sp³-hybridized carbons (Fsp3) is 1.00. The predicted octanol–water partition coefficient (Wildman–Crippen LogP) is 4.34. The zero-order valence-corrected chi connectivity index (χ0v) is 20.1. The van der Waals surface area contributed by atoms with E-state index in [1.807, 2.05) is 0 Å². The van der Waals surface area contributed by atoms with Crippen LogP contribution in [0, 0.1) is 52.3 Å². The molecular formula is C27H45NO3. The maximum absolute atomic E-state index is 11.5. The van der Waals surface area contributed by atoms with E-state index in [-0.39, 0.29) is 23.3 Å². The SMILES string of the molecule is C[C@H]1CC[C@]2(NC1)O[C@H]1C[C@H]3[C@@H]4[C@H](O)C[C@H]5C[C@@H](O)CC[C@]5(C)[C@H]4CC[C@]3(C)[C@H]1[C@@H]2C. The molecule has 0 amide bonds. The minimum atomic E-state index is -0.199. The molecule has 0 unspecified atom stereocenters. The minimum absolute atomic E-state index is 0.103. The van der Waals surface area contributed by atoms with Crippen LogP contribution in [0.25, 0.3) is 0 Å². The Bertz CT molecular complexity index is 719. The number of aliphatic hydroxyl groups excluding tert-OH is 2. The monoisotopic (exact) mass is 431 g/mol. The lowest BCUT2D eigenvalue weighted by molar-refractivity contribution is -0.179. The number of piperidine rings is 1. The molecule has 0 aromatic carbocycles. The molecular weight excluding hydrogens is 386 g/mol. The number of hydrogen-bond acceptors (Lipinski definition) is 4. The molecule has 3 N–H and O–H groups in total. The van der Waals surface area contributed by atoms with Gasteiger partial charge in [0.05, 0.1) is 18.3 Å². The molecule has 2 aliphatic heterocycles. The summed E-state index contributed by atoms with van der Waals surface area (Å²) in [5.74, 6) is 4.03. The van der Waals surface area contributed by atoms with Crippen molar-refractivity contribution in [1.82, 2.24) is 5.32 Å². The highest BCUT2D eigenvalue weighted by molar-refractivity contribution is 5.17. The summed E-state index contributed by atoms with van der Waals surface area (Å²) in [5, 5.41) is 25.6. The van der Waals surface area contributed by atoms with E-state index in [1.54, 1.807) is 0 Å². The molecule has 2 heterocycles. The van der Waals surface area contributed by atoms with Gasteiger partial charge in [0.1, 0.15) is 5.72 Å². The summed E-state index contributed by atoms with van der Waals surface area (Å²) in [7, 11) is 0. The Morgan fingerprint density at radius 1 is 0.871 bits per heavy atom. The molecule has 4 heteroatoms. The molecule has 31 heavy (non-hydrogen) atoms. The van der Waals surface area contributed by atoms with Crippen LogP contribution in [0.4, 0.5) is 0 Å². The Labute approximate surface area is 188 Å². The fourth-order valence-corrected chi connectivity index (χ4v) is 10.4. The summed E-state index contributed by atoms with van der Waals surface area (Å²) in [6.07, 6.45) is 10.0. The maximum Gasteiger partial charge on any atom is 0.122 e. The largest absolute Gasteiger partial charge is 0.393 e. The molecule has 0 aromatic rings. The van der Waals surface area contributed by atoms with Gasteiger partial charge in [0, 0.05) is 12.5 Å². The molecule has 0 bridgehead atoms. The van der Waals surface area contributed by atoms with Crippen molar-refractivity contribution in [3.8, 4) is 0 Å². The highest BCUT2D eigenvalue weighted by Crippen LogP contribution is 2.71. The van der Waals surface area contributed by atoms with E-state index in [2.05, 4.69) is 33.0 Å². The summed E-state index contributed by atoms with van der Waals surface area (Å²) in [5.41, 5.74) is 0.489. The molecule has 2 saturated heterocycles. The quantitative estimate of drug-likeness (QED) is 0.534. The van der Waals surface area contributed by atoms with Crippen LogP contribution >= 0.6 is 0 Å². The van der Waals surface area contributed by atoms with Gasteiger partial charge < -0.3 is 14.9 Å². The molecule has 0 radical (unpaired) electrons. The first-order valence-corrected chi connectivity index (χ1v) is 13.5. The van der Waals surface area contributed by atoms with Crippen molar-refractivity contribution in [2.75, 3.05) is 6.54 Å². The minimum Gasteiger partial charge on any atom is -0.393 e. The third-order valence-corrected chi connectivity index (χ3v) is 12.1. The normalized spacial score (nSPS) is 63.3. The standard InChI is InChI=1S/C27H45NO3/c1-15-5-10-27(28-14-15)16(2)24-22(31-27)13-20-23-19(7-9-26(20,24)4)25(3)8-6-18(29)11-17(25)12-21(23)30/h15-24,28-30H,5-14H2,1-4H3/t15-,16-,17+,18-,19-,20-,21+,22-,23+,24-,25-,26-,27-/m0/s1. The first-order valence-electron chi connectivity index (χ1n) is 13.5. The smallest absolute Gasteiger partial charge is 0.122 e. The molecule has 6 aliphatic rings. The first kappa shape index (κ1) is 21.4. The second-order valence-electron chi connectivity index (χ2n) is 13.4. The Morgan fingerprint density at radius 3 is 2.39 bits per heavy atom. The topological polar surface area (TPSA) is 61.7 Å². The van der Waals surface area contributed by atoms with Gasteiger partial charge in [0.15, 0.2) is 0 Å². The van der Waals surface area contributed by atoms with Crippen molar-refractivity contribution in [2.45, 2.75) is 110 Å². The van der Waals surface area contributed by atoms with Crippen LogP contribution in [0.2, 0.25) is 0 Å². The van der Waals surface area contributed by atoms with Crippen LogP contribution in [0.1, 0.15) is 85.5 Å². The Hall–Kier alpha value is -0.160. The lowest BCUT2D eigenvalue weighted by Gasteiger charge is -2.62. The number of hydrogen-bond donors (Lipinski definition) is 3. The first-order chi connectivity index (χ1) is 14.7. The van der Waals surface area contributed by atoms with Crippen LogP contribution in [0.3, 0.4) is 0 Å². The summed E-state index contributed by atoms with van der Waals surface area (Å²) in [6.45, 7) is 11.0. The molecule has 13 atom stereocenters. The Morgan fingerprint density at radius 2 is 1.65 bits per heavy atom. The number of aliphatic hydroxyl groups is 2. The van der Waals surface area contributed by atoms with E-state index < -0.39 is 0 Å². The van der Waals surface area contributed by atoms with Gasteiger partial charge in [-0.1, -0.05) is 27.7 Å². The Kier molecular flexibility index (Phi) is 4.78. The van der Waals surface area contributed by atoms with Crippen LogP contribution in [0.15, 0.2) is 0 Å². The number of rotatable bonds is 0. The van der Waals surface area contributed by atoms with Gasteiger partial charge >= 0.3 is 0 Å². The molecule has 0 aromatic heterocycles. The highest BCUT2D eigenvalue weighted by atomic mass is 16.5. The average Bonchev–Trinajstić information content (AvgIpc) is 3.16.